The van der Waals surface area contributed by atoms with Gasteiger partial charge in [-0.15, -0.1) is 11.3 Å². The molecule has 19 heteroatoms. The van der Waals surface area contributed by atoms with Gasteiger partial charge in [0.2, 0.25) is 0 Å². The van der Waals surface area contributed by atoms with Crippen LogP contribution in [0.1, 0.15) is 37.1 Å². The first kappa shape index (κ1) is 34.9. The van der Waals surface area contributed by atoms with Crippen LogP contribution in [0.25, 0.3) is 10.1 Å². The van der Waals surface area contributed by atoms with Gasteiger partial charge < -0.3 is 13.8 Å². The van der Waals surface area contributed by atoms with E-state index >= 15 is 8.78 Å². The topological polar surface area (TPSA) is 91.3 Å². The number of ether oxygens (including phenoxy) is 1. The van der Waals surface area contributed by atoms with Gasteiger partial charge in [-0.1, -0.05) is 0 Å². The van der Waals surface area contributed by atoms with E-state index in [9.17, 15) is 39.9 Å². The van der Waals surface area contributed by atoms with Crippen molar-refractivity contribution < 1.29 is 62.5 Å². The molecule has 0 N–H and O–H groups in total. The molecular weight excluding hydrogens is 689 g/mol. The fraction of sp³-hybridized carbons (Fsp3) is 0.571. The molecule has 228 valence electrons. The summed E-state index contributed by atoms with van der Waals surface area (Å²) in [5, 5.41) is -0.0695. The molecule has 1 heterocycles. The quantitative estimate of drug-likeness (QED) is 0.125. The zero-order valence-electron chi connectivity index (χ0n) is 21.0. The Bertz CT molecular complexity index is 1390. The van der Waals surface area contributed by atoms with Gasteiger partial charge in [-0.3, -0.25) is 9.36 Å². The second-order valence-electron chi connectivity index (χ2n) is 8.16. The Morgan fingerprint density at radius 2 is 1.65 bits per heavy atom. The number of thiophene rings is 1. The maximum absolute atomic E-state index is 15.6. The van der Waals surface area contributed by atoms with E-state index in [2.05, 4.69) is 20.3 Å². The van der Waals surface area contributed by atoms with E-state index in [4.69, 9.17) is 13.8 Å². The molecule has 0 saturated heterocycles. The van der Waals surface area contributed by atoms with Crippen LogP contribution in [0.3, 0.4) is 0 Å². The fourth-order valence-corrected chi connectivity index (χ4v) is 8.59. The van der Waals surface area contributed by atoms with Gasteiger partial charge in [0.1, 0.15) is 10.6 Å². The number of fused-ring (bicyclic) bond motifs is 1. The second-order valence-corrected chi connectivity index (χ2v) is 14.4. The Kier molecular flexibility index (Phi) is 11.2. The summed E-state index contributed by atoms with van der Waals surface area (Å²) in [6.07, 6.45) is -10.9. The molecule has 0 bridgehead atoms. The molecule has 0 unspecified atom stereocenters. The number of benzene rings is 1. The minimum absolute atomic E-state index is 0.0530. The molecule has 1 aromatic carbocycles. The van der Waals surface area contributed by atoms with Crippen molar-refractivity contribution in [2.75, 3.05) is 26.1 Å². The molecule has 1 aromatic heterocycles. The molecule has 1 atom stereocenters. The minimum atomic E-state index is -5.39. The Balaban J connectivity index is 2.68. The van der Waals surface area contributed by atoms with E-state index in [1.165, 1.54) is 13.8 Å². The smallest absolute Gasteiger partial charge is 0.474 e. The number of hydrogen-bond acceptors (Lipinski definition) is 7. The Morgan fingerprint density at radius 3 is 2.15 bits per heavy atom. The van der Waals surface area contributed by atoms with Crippen LogP contribution in [0.15, 0.2) is 21.0 Å². The van der Waals surface area contributed by atoms with Gasteiger partial charge in [0, 0.05) is 22.5 Å². The highest BCUT2D eigenvalue weighted by Crippen LogP contribution is 2.69. The molecule has 0 aliphatic rings. The lowest BCUT2D eigenvalue weighted by atomic mass is 10.1. The molecule has 7 nitrogen and oxygen atoms in total. The Hall–Kier alpha value is -1.33. The third kappa shape index (κ3) is 8.60. The van der Waals surface area contributed by atoms with Crippen molar-refractivity contribution in [1.29, 1.82) is 0 Å². The Labute approximate surface area is 236 Å². The van der Waals surface area contributed by atoms with Crippen LogP contribution < -0.4 is 4.74 Å². The fourth-order valence-electron chi connectivity index (χ4n) is 3.27. The van der Waals surface area contributed by atoms with Gasteiger partial charge in [0.25, 0.3) is 0 Å². The van der Waals surface area contributed by atoms with Gasteiger partial charge in [-0.05, 0) is 53.9 Å². The average molecular weight is 712 g/mol. The average Bonchev–Trinajstić information content (AvgIpc) is 3.12. The van der Waals surface area contributed by atoms with Gasteiger partial charge in [-0.25, -0.2) is 4.21 Å². The highest BCUT2D eigenvalue weighted by Gasteiger charge is 2.57. The summed E-state index contributed by atoms with van der Waals surface area (Å²) in [6.45, 7) is 1.32. The van der Waals surface area contributed by atoms with Crippen LogP contribution in [-0.4, -0.2) is 48.5 Å². The van der Waals surface area contributed by atoms with Crippen molar-refractivity contribution in [3.05, 3.63) is 27.0 Å². The van der Waals surface area contributed by atoms with Gasteiger partial charge >= 0.3 is 31.5 Å². The standard InChI is InChI=1S/C21H23BrF8NO6PS2/c1-4-36-38(33,37-5-2)21(29,30)17-15(22)13-9-12(11-40(3,34)31-18(32)20(26,27)28)10-14(16(13)39-17)35-8-6-7-19(23,24)25/h9-10H,4-8,11H2,1-3H3/t40-/m1/s1. The number of hydrogen-bond donors (Lipinski definition) is 0. The summed E-state index contributed by atoms with van der Waals surface area (Å²) in [5.41, 5.74) is -4.31. The summed E-state index contributed by atoms with van der Waals surface area (Å²) in [6, 6.07) is 2.24. The van der Waals surface area contributed by atoms with E-state index in [0.29, 0.717) is 11.3 Å². The van der Waals surface area contributed by atoms with Gasteiger partial charge in [-0.2, -0.15) is 39.5 Å². The largest absolute Gasteiger partial charge is 0.492 e. The van der Waals surface area contributed by atoms with Crippen molar-refractivity contribution in [2.24, 2.45) is 4.36 Å². The lowest BCUT2D eigenvalue weighted by Crippen LogP contribution is -2.22. The van der Waals surface area contributed by atoms with Crippen LogP contribution in [0.4, 0.5) is 35.1 Å². The van der Waals surface area contributed by atoms with E-state index in [1.54, 1.807) is 0 Å². The third-order valence-corrected chi connectivity index (χ3v) is 10.8. The molecule has 0 aliphatic carbocycles. The summed E-state index contributed by atoms with van der Waals surface area (Å²) < 4.78 is 150. The summed E-state index contributed by atoms with van der Waals surface area (Å²) in [4.78, 5) is 10.4. The van der Waals surface area contributed by atoms with Crippen molar-refractivity contribution in [3.63, 3.8) is 0 Å². The van der Waals surface area contributed by atoms with Crippen molar-refractivity contribution in [2.45, 2.75) is 50.5 Å². The maximum Gasteiger partial charge on any atom is 0.474 e. The zero-order valence-corrected chi connectivity index (χ0v) is 25.1. The van der Waals surface area contributed by atoms with E-state index in [0.717, 1.165) is 18.4 Å². The number of amides is 1. The molecule has 40 heavy (non-hydrogen) atoms. The number of nitrogens with zero attached hydrogens (tertiary/aromatic N) is 1. The van der Waals surface area contributed by atoms with Crippen molar-refractivity contribution in [1.82, 2.24) is 0 Å². The molecule has 0 aliphatic heterocycles. The summed E-state index contributed by atoms with van der Waals surface area (Å²) in [7, 11) is -8.95. The van der Waals surface area contributed by atoms with Crippen LogP contribution in [0, 0.1) is 0 Å². The van der Waals surface area contributed by atoms with Crippen molar-refractivity contribution >= 4 is 60.6 Å². The van der Waals surface area contributed by atoms with E-state index in [-0.39, 0.29) is 25.9 Å². The molecular formula is C21H23BrF8NO6PS2. The minimum Gasteiger partial charge on any atom is -0.492 e. The number of halogens is 9. The third-order valence-electron chi connectivity index (χ3n) is 4.78. The molecule has 2 aromatic rings. The molecule has 0 spiro atoms. The predicted molar refractivity (Wildman–Crippen MR) is 136 cm³/mol. The van der Waals surface area contributed by atoms with E-state index in [1.807, 2.05) is 0 Å². The molecule has 0 fully saturated rings. The molecule has 1 amide bonds. The maximum atomic E-state index is 15.6. The number of rotatable bonds is 12. The van der Waals surface area contributed by atoms with Crippen LogP contribution in [0.2, 0.25) is 0 Å². The summed E-state index contributed by atoms with van der Waals surface area (Å²) >= 11 is 3.37. The zero-order chi connectivity index (χ0) is 30.7. The number of alkyl halides is 8. The van der Waals surface area contributed by atoms with Crippen LogP contribution >= 0.6 is 34.9 Å². The Morgan fingerprint density at radius 1 is 1.07 bits per heavy atom. The molecule has 2 rings (SSSR count). The normalized spacial score (nSPS) is 14.8. The van der Waals surface area contributed by atoms with Gasteiger partial charge in [0.15, 0.2) is 0 Å². The van der Waals surface area contributed by atoms with Crippen molar-refractivity contribution in [3.8, 4) is 5.75 Å². The highest BCUT2D eigenvalue weighted by molar-refractivity contribution is 9.10. The van der Waals surface area contributed by atoms with Crippen LogP contribution in [0.5, 0.6) is 5.75 Å². The number of carbonyl (C=O) groups is 1. The predicted octanol–water partition coefficient (Wildman–Crippen LogP) is 8.39. The lowest BCUT2D eigenvalue weighted by molar-refractivity contribution is -0.169. The van der Waals surface area contributed by atoms with Gasteiger partial charge in [0.05, 0.1) is 40.0 Å². The number of carbonyl (C=O) groups excluding carboxylic acids is 1. The highest BCUT2D eigenvalue weighted by atomic mass is 79.9. The van der Waals surface area contributed by atoms with E-state index < -0.39 is 84.5 Å². The summed E-state index contributed by atoms with van der Waals surface area (Å²) in [5.74, 6) is -3.62. The SMILES string of the molecule is CCOP(=O)(OCC)C(F)(F)c1sc2c(OCCCC(F)(F)F)cc(C[S@@](C)(=O)=NC(=O)C(F)(F)F)cc2c1Br. The molecule has 0 radical (unpaired) electrons. The van der Waals surface area contributed by atoms with Crippen LogP contribution in [-0.2, 0) is 39.6 Å². The lowest BCUT2D eigenvalue weighted by Gasteiger charge is -2.25. The monoisotopic (exact) mass is 711 g/mol. The second kappa shape index (κ2) is 12.9. The first-order chi connectivity index (χ1) is 18.2. The first-order valence-corrected chi connectivity index (χ1v) is 16.4. The first-order valence-electron chi connectivity index (χ1n) is 11.2. The molecule has 0 saturated carbocycles.